The minimum atomic E-state index is -0.950. The van der Waals surface area contributed by atoms with Gasteiger partial charge in [0.05, 0.1) is 0 Å². The molecular weight excluding hydrogens is 192 g/mol. The number of hydrogen-bond donors (Lipinski definition) is 1. The molecule has 0 heterocycles. The van der Waals surface area contributed by atoms with Gasteiger partial charge in [-0.25, -0.2) is 4.79 Å². The van der Waals surface area contributed by atoms with E-state index < -0.39 is 5.97 Å². The van der Waals surface area contributed by atoms with E-state index in [-0.39, 0.29) is 6.61 Å². The van der Waals surface area contributed by atoms with Gasteiger partial charge in [0.1, 0.15) is 5.75 Å². The molecule has 1 N–H and O–H groups in total. The molecule has 0 unspecified atom stereocenters. The third kappa shape index (κ3) is 4.49. The molecule has 3 heteroatoms. The van der Waals surface area contributed by atoms with Crippen LogP contribution in [0.5, 0.6) is 5.75 Å². The molecule has 3 nitrogen and oxygen atoms in total. The molecule has 1 aromatic rings. The van der Waals surface area contributed by atoms with Crippen molar-refractivity contribution in [2.24, 2.45) is 0 Å². The lowest BCUT2D eigenvalue weighted by atomic mass is 10.1. The lowest BCUT2D eigenvalue weighted by Gasteiger charge is -2.05. The number of hydrogen-bond acceptors (Lipinski definition) is 2. The van der Waals surface area contributed by atoms with E-state index in [1.807, 2.05) is 18.2 Å². The van der Waals surface area contributed by atoms with Crippen LogP contribution in [-0.4, -0.2) is 17.7 Å². The Labute approximate surface area is 89.7 Å². The minimum Gasteiger partial charge on any atom is -0.482 e. The molecule has 0 bridgehead atoms. The summed E-state index contributed by atoms with van der Waals surface area (Å²) in [4.78, 5) is 10.3. The number of aryl methyl sites for hydroxylation is 1. The van der Waals surface area contributed by atoms with Gasteiger partial charge in [-0.15, -0.1) is 0 Å². The fourth-order valence-electron chi connectivity index (χ4n) is 1.32. The normalized spacial score (nSPS) is 9.93. The number of carboxylic acid groups (broad SMARTS) is 1. The Morgan fingerprint density at radius 3 is 2.93 bits per heavy atom. The number of carbonyl (C=O) groups is 1. The zero-order valence-electron chi connectivity index (χ0n) is 8.90. The zero-order valence-corrected chi connectivity index (χ0v) is 8.90. The molecule has 15 heavy (non-hydrogen) atoms. The van der Waals surface area contributed by atoms with Gasteiger partial charge in [0.15, 0.2) is 6.61 Å². The van der Waals surface area contributed by atoms with Crippen molar-refractivity contribution in [2.75, 3.05) is 6.61 Å². The van der Waals surface area contributed by atoms with Gasteiger partial charge in [-0.1, -0.05) is 25.5 Å². The fourth-order valence-corrected chi connectivity index (χ4v) is 1.32. The third-order valence-electron chi connectivity index (χ3n) is 2.08. The molecule has 0 saturated carbocycles. The number of aliphatic carboxylic acids is 1. The molecule has 0 fully saturated rings. The molecule has 0 aliphatic heterocycles. The van der Waals surface area contributed by atoms with Gasteiger partial charge in [0.2, 0.25) is 0 Å². The summed E-state index contributed by atoms with van der Waals surface area (Å²) in [6.07, 6.45) is 3.31. The molecule has 1 rings (SSSR count). The van der Waals surface area contributed by atoms with Crippen LogP contribution < -0.4 is 4.74 Å². The van der Waals surface area contributed by atoms with E-state index >= 15 is 0 Å². The van der Waals surface area contributed by atoms with Crippen LogP contribution >= 0.6 is 0 Å². The van der Waals surface area contributed by atoms with Crippen molar-refractivity contribution in [2.45, 2.75) is 26.2 Å². The Morgan fingerprint density at radius 1 is 1.47 bits per heavy atom. The number of rotatable bonds is 6. The van der Waals surface area contributed by atoms with Crippen molar-refractivity contribution in [1.29, 1.82) is 0 Å². The fraction of sp³-hybridized carbons (Fsp3) is 0.417. The topological polar surface area (TPSA) is 46.5 Å². The molecule has 0 amide bonds. The first-order chi connectivity index (χ1) is 7.22. The van der Waals surface area contributed by atoms with Gasteiger partial charge in [-0.3, -0.25) is 0 Å². The van der Waals surface area contributed by atoms with Gasteiger partial charge in [-0.2, -0.15) is 0 Å². The molecule has 0 spiro atoms. The maximum Gasteiger partial charge on any atom is 0.341 e. The molecule has 0 saturated heterocycles. The smallest absolute Gasteiger partial charge is 0.341 e. The highest BCUT2D eigenvalue weighted by atomic mass is 16.5. The molecular formula is C12H16O3. The molecule has 0 aliphatic carbocycles. The summed E-state index contributed by atoms with van der Waals surface area (Å²) in [5.74, 6) is -0.319. The first kappa shape index (κ1) is 11.6. The van der Waals surface area contributed by atoms with Crippen LogP contribution in [0.4, 0.5) is 0 Å². The SMILES string of the molecule is CCCCc1cccc(OCC(=O)O)c1. The molecule has 0 aliphatic rings. The second-order valence-corrected chi connectivity index (χ2v) is 3.43. The summed E-state index contributed by atoms with van der Waals surface area (Å²) in [7, 11) is 0. The largest absolute Gasteiger partial charge is 0.482 e. The van der Waals surface area contributed by atoms with Crippen molar-refractivity contribution in [3.8, 4) is 5.75 Å². The Balaban J connectivity index is 2.53. The Morgan fingerprint density at radius 2 is 2.27 bits per heavy atom. The van der Waals surface area contributed by atoms with Crippen LogP contribution in [0.1, 0.15) is 25.3 Å². The number of ether oxygens (including phenoxy) is 1. The molecule has 0 radical (unpaired) electrons. The first-order valence-electron chi connectivity index (χ1n) is 5.16. The van der Waals surface area contributed by atoms with E-state index in [1.165, 1.54) is 5.56 Å². The highest BCUT2D eigenvalue weighted by Crippen LogP contribution is 2.14. The van der Waals surface area contributed by atoms with E-state index in [0.29, 0.717) is 5.75 Å². The van der Waals surface area contributed by atoms with Crippen molar-refractivity contribution < 1.29 is 14.6 Å². The van der Waals surface area contributed by atoms with E-state index in [2.05, 4.69) is 6.92 Å². The van der Waals surface area contributed by atoms with Crippen LogP contribution in [0.3, 0.4) is 0 Å². The standard InChI is InChI=1S/C12H16O3/c1-2-3-5-10-6-4-7-11(8-10)15-9-12(13)14/h4,6-8H,2-3,5,9H2,1H3,(H,13,14). The van der Waals surface area contributed by atoms with Crippen LogP contribution in [0.15, 0.2) is 24.3 Å². The van der Waals surface area contributed by atoms with Crippen molar-refractivity contribution in [3.63, 3.8) is 0 Å². The van der Waals surface area contributed by atoms with Crippen LogP contribution in [0, 0.1) is 0 Å². The maximum atomic E-state index is 10.3. The first-order valence-corrected chi connectivity index (χ1v) is 5.16. The Bertz CT molecular complexity index is 320. The highest BCUT2D eigenvalue weighted by molar-refractivity contribution is 5.68. The second-order valence-electron chi connectivity index (χ2n) is 3.43. The minimum absolute atomic E-state index is 0.281. The lowest BCUT2D eigenvalue weighted by molar-refractivity contribution is -0.139. The van der Waals surface area contributed by atoms with E-state index in [9.17, 15) is 4.79 Å². The zero-order chi connectivity index (χ0) is 11.1. The maximum absolute atomic E-state index is 10.3. The van der Waals surface area contributed by atoms with Crippen LogP contribution in [-0.2, 0) is 11.2 Å². The van der Waals surface area contributed by atoms with E-state index in [0.717, 1.165) is 19.3 Å². The Kier molecular flexibility index (Phi) is 4.68. The summed E-state index contributed by atoms with van der Waals surface area (Å²) in [6, 6.07) is 7.60. The predicted molar refractivity (Wildman–Crippen MR) is 58.2 cm³/mol. The molecule has 0 atom stereocenters. The van der Waals surface area contributed by atoms with Gasteiger partial charge in [0, 0.05) is 0 Å². The van der Waals surface area contributed by atoms with Crippen LogP contribution in [0.25, 0.3) is 0 Å². The predicted octanol–water partition coefficient (Wildman–Crippen LogP) is 2.49. The van der Waals surface area contributed by atoms with Crippen molar-refractivity contribution in [1.82, 2.24) is 0 Å². The quantitative estimate of drug-likeness (QED) is 0.781. The average Bonchev–Trinajstić information content (AvgIpc) is 2.24. The Hall–Kier alpha value is -1.51. The van der Waals surface area contributed by atoms with Gasteiger partial charge in [-0.05, 0) is 30.5 Å². The summed E-state index contributed by atoms with van der Waals surface area (Å²) in [5, 5.41) is 8.46. The van der Waals surface area contributed by atoms with Gasteiger partial charge in [0.25, 0.3) is 0 Å². The highest BCUT2D eigenvalue weighted by Gasteiger charge is 2.00. The molecule has 82 valence electrons. The summed E-state index contributed by atoms with van der Waals surface area (Å²) in [5.41, 5.74) is 1.19. The lowest BCUT2D eigenvalue weighted by Crippen LogP contribution is -2.09. The summed E-state index contributed by atoms with van der Waals surface area (Å²) < 4.78 is 5.09. The van der Waals surface area contributed by atoms with Gasteiger partial charge >= 0.3 is 5.97 Å². The van der Waals surface area contributed by atoms with Crippen molar-refractivity contribution in [3.05, 3.63) is 29.8 Å². The summed E-state index contributed by atoms with van der Waals surface area (Å²) >= 11 is 0. The number of carboxylic acids is 1. The van der Waals surface area contributed by atoms with Crippen molar-refractivity contribution >= 4 is 5.97 Å². The second kappa shape index (κ2) is 6.06. The summed E-state index contributed by atoms with van der Waals surface area (Å²) in [6.45, 7) is 1.86. The van der Waals surface area contributed by atoms with E-state index in [1.54, 1.807) is 6.07 Å². The number of unbranched alkanes of at least 4 members (excludes halogenated alkanes) is 1. The number of benzene rings is 1. The molecule has 0 aromatic heterocycles. The molecule has 1 aromatic carbocycles. The monoisotopic (exact) mass is 208 g/mol. The van der Waals surface area contributed by atoms with Gasteiger partial charge < -0.3 is 9.84 Å². The van der Waals surface area contributed by atoms with Crippen LogP contribution in [0.2, 0.25) is 0 Å². The van der Waals surface area contributed by atoms with E-state index in [4.69, 9.17) is 9.84 Å². The average molecular weight is 208 g/mol. The third-order valence-corrected chi connectivity index (χ3v) is 2.08.